The molecule has 2 fully saturated rings. The predicted octanol–water partition coefficient (Wildman–Crippen LogP) is -0.486. The van der Waals surface area contributed by atoms with Crippen LogP contribution in [0.5, 0.6) is 0 Å². The molecule has 5 heteroatoms. The van der Waals surface area contributed by atoms with Crippen LogP contribution in [0.3, 0.4) is 0 Å². The van der Waals surface area contributed by atoms with Gasteiger partial charge in [0.25, 0.3) is 0 Å². The maximum Gasteiger partial charge on any atom is 0.242 e. The summed E-state index contributed by atoms with van der Waals surface area (Å²) in [6.45, 7) is 1.65. The van der Waals surface area contributed by atoms with E-state index in [1.165, 1.54) is 0 Å². The number of piperazine rings is 1. The molecule has 2 aliphatic rings. The number of rotatable bonds is 2. The van der Waals surface area contributed by atoms with Crippen LogP contribution in [0.1, 0.15) is 19.3 Å². The molecule has 5 nitrogen and oxygen atoms in total. The first kappa shape index (κ1) is 10.4. The molecular weight excluding hydrogens is 196 g/mol. The van der Waals surface area contributed by atoms with E-state index >= 15 is 0 Å². The van der Waals surface area contributed by atoms with Crippen LogP contribution >= 0.6 is 0 Å². The Bertz CT molecular complexity index is 261. The highest BCUT2D eigenvalue weighted by atomic mass is 16.5. The van der Waals surface area contributed by atoms with Crippen molar-refractivity contribution in [2.75, 3.05) is 26.2 Å². The Morgan fingerprint density at radius 1 is 1.40 bits per heavy atom. The zero-order valence-electron chi connectivity index (χ0n) is 8.70. The first-order chi connectivity index (χ1) is 7.25. The fourth-order valence-electron chi connectivity index (χ4n) is 1.97. The fourth-order valence-corrected chi connectivity index (χ4v) is 1.97. The highest BCUT2D eigenvalue weighted by molar-refractivity contribution is 5.92. The third kappa shape index (κ3) is 2.68. The van der Waals surface area contributed by atoms with Gasteiger partial charge in [-0.3, -0.25) is 9.59 Å². The Balaban J connectivity index is 1.85. The number of ether oxygens (including phenoxy) is 1. The van der Waals surface area contributed by atoms with Gasteiger partial charge in [-0.15, -0.1) is 0 Å². The van der Waals surface area contributed by atoms with Crippen molar-refractivity contribution in [3.8, 4) is 0 Å². The number of amides is 2. The van der Waals surface area contributed by atoms with Crippen LogP contribution in [0.4, 0.5) is 0 Å². The summed E-state index contributed by atoms with van der Waals surface area (Å²) in [5.41, 5.74) is 0. The molecule has 84 valence electrons. The second kappa shape index (κ2) is 4.61. The molecule has 2 heterocycles. The molecule has 0 radical (unpaired) electrons. The van der Waals surface area contributed by atoms with Crippen molar-refractivity contribution >= 4 is 11.8 Å². The zero-order chi connectivity index (χ0) is 10.7. The number of carbonyl (C=O) groups excluding carboxylic acids is 2. The fraction of sp³-hybridized carbons (Fsp3) is 0.800. The summed E-state index contributed by atoms with van der Waals surface area (Å²) in [4.78, 5) is 24.2. The SMILES string of the molecule is O=C1CN(CC2CCCCO2)C(=O)CN1. The maximum absolute atomic E-state index is 11.5. The van der Waals surface area contributed by atoms with Crippen LogP contribution in [0, 0.1) is 0 Å². The molecular formula is C10H16N2O3. The van der Waals surface area contributed by atoms with E-state index in [1.54, 1.807) is 4.90 Å². The monoisotopic (exact) mass is 212 g/mol. The lowest BCUT2D eigenvalue weighted by Crippen LogP contribution is -2.53. The predicted molar refractivity (Wildman–Crippen MR) is 53.2 cm³/mol. The molecule has 0 aromatic heterocycles. The lowest BCUT2D eigenvalue weighted by atomic mass is 10.1. The molecule has 2 aliphatic heterocycles. The number of nitrogens with one attached hydrogen (secondary N) is 1. The van der Waals surface area contributed by atoms with Crippen molar-refractivity contribution in [1.82, 2.24) is 10.2 Å². The van der Waals surface area contributed by atoms with Crippen molar-refractivity contribution in [2.24, 2.45) is 0 Å². The number of hydrogen-bond donors (Lipinski definition) is 1. The smallest absolute Gasteiger partial charge is 0.242 e. The average molecular weight is 212 g/mol. The van der Waals surface area contributed by atoms with Gasteiger partial charge in [0, 0.05) is 13.2 Å². The quantitative estimate of drug-likeness (QED) is 0.672. The minimum Gasteiger partial charge on any atom is -0.376 e. The van der Waals surface area contributed by atoms with Gasteiger partial charge in [0.2, 0.25) is 11.8 Å². The molecule has 2 amide bonds. The molecule has 0 aliphatic carbocycles. The van der Waals surface area contributed by atoms with Crippen LogP contribution in [0.15, 0.2) is 0 Å². The van der Waals surface area contributed by atoms with Gasteiger partial charge < -0.3 is 15.0 Å². The molecule has 1 unspecified atom stereocenters. The molecule has 0 bridgehead atoms. The number of hydrogen-bond acceptors (Lipinski definition) is 3. The van der Waals surface area contributed by atoms with E-state index in [0.29, 0.717) is 6.54 Å². The second-order valence-corrected chi connectivity index (χ2v) is 4.04. The highest BCUT2D eigenvalue weighted by Crippen LogP contribution is 2.14. The van der Waals surface area contributed by atoms with Gasteiger partial charge in [-0.2, -0.15) is 0 Å². The topological polar surface area (TPSA) is 58.6 Å². The summed E-state index contributed by atoms with van der Waals surface area (Å²) in [6.07, 6.45) is 3.36. The summed E-state index contributed by atoms with van der Waals surface area (Å²) in [6, 6.07) is 0. The first-order valence-electron chi connectivity index (χ1n) is 5.42. The molecule has 0 spiro atoms. The second-order valence-electron chi connectivity index (χ2n) is 4.04. The average Bonchev–Trinajstić information content (AvgIpc) is 2.25. The van der Waals surface area contributed by atoms with E-state index in [1.807, 2.05) is 0 Å². The van der Waals surface area contributed by atoms with E-state index in [0.717, 1.165) is 25.9 Å². The summed E-state index contributed by atoms with van der Waals surface area (Å²) >= 11 is 0. The molecule has 0 aromatic carbocycles. The normalized spacial score (nSPS) is 27.7. The van der Waals surface area contributed by atoms with Gasteiger partial charge in [0.1, 0.15) is 0 Å². The standard InChI is InChI=1S/C10H16N2O3/c13-9-7-12(10(14)5-11-9)6-8-3-1-2-4-15-8/h8H,1-7H2,(H,11,13). The third-order valence-corrected chi connectivity index (χ3v) is 2.82. The van der Waals surface area contributed by atoms with Crippen LogP contribution in [-0.4, -0.2) is 49.1 Å². The Labute approximate surface area is 88.8 Å². The Hall–Kier alpha value is -1.10. The Kier molecular flexibility index (Phi) is 3.20. The van der Waals surface area contributed by atoms with Gasteiger partial charge in [-0.1, -0.05) is 0 Å². The van der Waals surface area contributed by atoms with Crippen LogP contribution in [0.25, 0.3) is 0 Å². The Morgan fingerprint density at radius 3 is 3.00 bits per heavy atom. The van der Waals surface area contributed by atoms with E-state index in [-0.39, 0.29) is 31.0 Å². The van der Waals surface area contributed by atoms with E-state index in [2.05, 4.69) is 5.32 Å². The number of carbonyl (C=O) groups is 2. The van der Waals surface area contributed by atoms with Crippen LogP contribution in [-0.2, 0) is 14.3 Å². The first-order valence-corrected chi connectivity index (χ1v) is 5.42. The summed E-state index contributed by atoms with van der Waals surface area (Å²) in [7, 11) is 0. The molecule has 0 aromatic rings. The van der Waals surface area contributed by atoms with Gasteiger partial charge in [0.05, 0.1) is 19.2 Å². The maximum atomic E-state index is 11.5. The van der Waals surface area contributed by atoms with Crippen molar-refractivity contribution in [1.29, 1.82) is 0 Å². The van der Waals surface area contributed by atoms with Gasteiger partial charge in [-0.25, -0.2) is 0 Å². The van der Waals surface area contributed by atoms with Gasteiger partial charge >= 0.3 is 0 Å². The molecule has 1 N–H and O–H groups in total. The molecule has 15 heavy (non-hydrogen) atoms. The minimum atomic E-state index is -0.0783. The largest absolute Gasteiger partial charge is 0.376 e. The van der Waals surface area contributed by atoms with Crippen molar-refractivity contribution in [3.05, 3.63) is 0 Å². The summed E-state index contributed by atoms with van der Waals surface area (Å²) < 4.78 is 5.54. The Morgan fingerprint density at radius 2 is 2.27 bits per heavy atom. The van der Waals surface area contributed by atoms with Crippen LogP contribution < -0.4 is 5.32 Å². The van der Waals surface area contributed by atoms with Gasteiger partial charge in [0.15, 0.2) is 0 Å². The minimum absolute atomic E-state index is 0.0104. The molecule has 2 saturated heterocycles. The van der Waals surface area contributed by atoms with E-state index in [9.17, 15) is 9.59 Å². The van der Waals surface area contributed by atoms with Crippen molar-refractivity contribution in [3.63, 3.8) is 0 Å². The molecule has 1 atom stereocenters. The third-order valence-electron chi connectivity index (χ3n) is 2.82. The molecule has 0 saturated carbocycles. The van der Waals surface area contributed by atoms with Crippen molar-refractivity contribution in [2.45, 2.75) is 25.4 Å². The molecule has 2 rings (SSSR count). The van der Waals surface area contributed by atoms with E-state index < -0.39 is 0 Å². The van der Waals surface area contributed by atoms with Crippen LogP contribution in [0.2, 0.25) is 0 Å². The highest BCUT2D eigenvalue weighted by Gasteiger charge is 2.26. The van der Waals surface area contributed by atoms with Crippen molar-refractivity contribution < 1.29 is 14.3 Å². The lowest BCUT2D eigenvalue weighted by molar-refractivity contribution is -0.142. The summed E-state index contributed by atoms with van der Waals surface area (Å²) in [5, 5.41) is 2.53. The summed E-state index contributed by atoms with van der Waals surface area (Å²) in [5.74, 6) is -0.0887. The lowest BCUT2D eigenvalue weighted by Gasteiger charge is -2.31. The van der Waals surface area contributed by atoms with Gasteiger partial charge in [-0.05, 0) is 19.3 Å². The van der Waals surface area contributed by atoms with E-state index in [4.69, 9.17) is 4.74 Å². The zero-order valence-corrected chi connectivity index (χ0v) is 8.70. The number of nitrogens with zero attached hydrogens (tertiary/aromatic N) is 1.